The number of halogens is 1. The van der Waals surface area contributed by atoms with Crippen LogP contribution in [0.4, 0.5) is 14.9 Å². The van der Waals surface area contributed by atoms with Crippen molar-refractivity contribution < 1.29 is 14.3 Å². The highest BCUT2D eigenvalue weighted by Gasteiger charge is 2.18. The van der Waals surface area contributed by atoms with Gasteiger partial charge >= 0.3 is 6.09 Å². The van der Waals surface area contributed by atoms with Crippen LogP contribution >= 0.6 is 0 Å². The largest absolute Gasteiger partial charge is 0.465 e. The molecule has 0 bridgehead atoms. The van der Waals surface area contributed by atoms with E-state index in [1.165, 1.54) is 12.1 Å². The van der Waals surface area contributed by atoms with Crippen LogP contribution in [0.25, 0.3) is 0 Å². The standard InChI is InChI=1S/C16H16FN3O3/c17-12-6-5-9(8-14(12)18-16(22)23)7-13-10-3-1-2-4-11(10)15(21)20-19-13/h5-6,8,18H,1-4,7H2,(H,20,21)(H,22,23). The third-order valence-corrected chi connectivity index (χ3v) is 4.03. The molecular formula is C16H16FN3O3. The average molecular weight is 317 g/mol. The molecule has 0 saturated heterocycles. The summed E-state index contributed by atoms with van der Waals surface area (Å²) in [6, 6.07) is 4.26. The van der Waals surface area contributed by atoms with Gasteiger partial charge in [-0.3, -0.25) is 10.1 Å². The van der Waals surface area contributed by atoms with Crippen LogP contribution in [0.15, 0.2) is 23.0 Å². The summed E-state index contributed by atoms with van der Waals surface area (Å²) in [4.78, 5) is 22.5. The van der Waals surface area contributed by atoms with Crippen LogP contribution in [0.3, 0.4) is 0 Å². The summed E-state index contributed by atoms with van der Waals surface area (Å²) in [5.74, 6) is -0.632. The van der Waals surface area contributed by atoms with Gasteiger partial charge in [-0.2, -0.15) is 5.10 Å². The number of rotatable bonds is 3. The SMILES string of the molecule is O=C(O)Nc1cc(Cc2n[nH]c(=O)c3c2CCCC3)ccc1F. The number of hydrogen-bond acceptors (Lipinski definition) is 3. The van der Waals surface area contributed by atoms with Gasteiger partial charge in [-0.25, -0.2) is 14.3 Å². The molecule has 0 aliphatic heterocycles. The van der Waals surface area contributed by atoms with E-state index in [1.54, 1.807) is 6.07 Å². The van der Waals surface area contributed by atoms with Crippen molar-refractivity contribution >= 4 is 11.8 Å². The molecule has 0 atom stereocenters. The van der Waals surface area contributed by atoms with Crippen molar-refractivity contribution in [1.29, 1.82) is 0 Å². The van der Waals surface area contributed by atoms with Gasteiger partial charge in [0, 0.05) is 12.0 Å². The number of H-pyrrole nitrogens is 1. The molecule has 0 unspecified atom stereocenters. The quantitative estimate of drug-likeness (QED) is 0.810. The van der Waals surface area contributed by atoms with E-state index in [-0.39, 0.29) is 11.2 Å². The molecule has 0 spiro atoms. The molecule has 2 aromatic rings. The Morgan fingerprint density at radius 2 is 2.04 bits per heavy atom. The van der Waals surface area contributed by atoms with Crippen molar-refractivity contribution in [3.05, 3.63) is 56.8 Å². The molecule has 7 heteroatoms. The fraction of sp³-hybridized carbons (Fsp3) is 0.312. The Labute approximate surface area is 131 Å². The molecule has 0 radical (unpaired) electrons. The molecule has 1 aliphatic carbocycles. The topological polar surface area (TPSA) is 95.1 Å². The second-order valence-electron chi connectivity index (χ2n) is 5.58. The highest BCUT2D eigenvalue weighted by atomic mass is 19.1. The predicted octanol–water partition coefficient (Wildman–Crippen LogP) is 2.47. The minimum atomic E-state index is -1.32. The van der Waals surface area contributed by atoms with Crippen LogP contribution in [0.5, 0.6) is 0 Å². The fourth-order valence-corrected chi connectivity index (χ4v) is 2.96. The van der Waals surface area contributed by atoms with Crippen molar-refractivity contribution in [3.8, 4) is 0 Å². The van der Waals surface area contributed by atoms with Crippen LogP contribution in [0, 0.1) is 5.82 Å². The number of hydrogen-bond donors (Lipinski definition) is 3. The Balaban J connectivity index is 1.94. The van der Waals surface area contributed by atoms with Crippen LogP contribution < -0.4 is 10.9 Å². The van der Waals surface area contributed by atoms with Crippen LogP contribution in [0.1, 0.15) is 35.2 Å². The smallest absolute Gasteiger partial charge is 0.409 e. The molecule has 1 amide bonds. The van der Waals surface area contributed by atoms with Crippen LogP contribution in [-0.4, -0.2) is 21.4 Å². The lowest BCUT2D eigenvalue weighted by Crippen LogP contribution is -2.23. The highest BCUT2D eigenvalue weighted by Crippen LogP contribution is 2.23. The fourth-order valence-electron chi connectivity index (χ4n) is 2.96. The summed E-state index contributed by atoms with van der Waals surface area (Å²) >= 11 is 0. The monoisotopic (exact) mass is 317 g/mol. The minimum absolute atomic E-state index is 0.0895. The number of aromatic amines is 1. The first-order valence-electron chi connectivity index (χ1n) is 7.42. The highest BCUT2D eigenvalue weighted by molar-refractivity contribution is 5.83. The van der Waals surface area contributed by atoms with Gasteiger partial charge in [0.2, 0.25) is 0 Å². The molecule has 0 saturated carbocycles. The van der Waals surface area contributed by atoms with Gasteiger partial charge in [0.25, 0.3) is 5.56 Å². The molecule has 23 heavy (non-hydrogen) atoms. The molecule has 1 aromatic heterocycles. The van der Waals surface area contributed by atoms with E-state index >= 15 is 0 Å². The second kappa shape index (κ2) is 6.20. The van der Waals surface area contributed by atoms with Gasteiger partial charge < -0.3 is 5.11 Å². The lowest BCUT2D eigenvalue weighted by atomic mass is 9.90. The van der Waals surface area contributed by atoms with Crippen molar-refractivity contribution in [3.63, 3.8) is 0 Å². The maximum atomic E-state index is 13.6. The van der Waals surface area contributed by atoms with E-state index in [0.717, 1.165) is 48.1 Å². The predicted molar refractivity (Wildman–Crippen MR) is 82.4 cm³/mol. The van der Waals surface area contributed by atoms with E-state index < -0.39 is 11.9 Å². The lowest BCUT2D eigenvalue weighted by Gasteiger charge is -2.17. The zero-order chi connectivity index (χ0) is 16.4. The second-order valence-corrected chi connectivity index (χ2v) is 5.58. The summed E-state index contributed by atoms with van der Waals surface area (Å²) in [6.45, 7) is 0. The number of amides is 1. The Bertz CT molecular complexity index is 817. The maximum absolute atomic E-state index is 13.6. The Morgan fingerprint density at radius 1 is 1.30 bits per heavy atom. The molecule has 0 fully saturated rings. The van der Waals surface area contributed by atoms with E-state index in [9.17, 15) is 14.0 Å². The van der Waals surface area contributed by atoms with E-state index in [1.807, 2.05) is 5.32 Å². The normalized spacial score (nSPS) is 13.4. The van der Waals surface area contributed by atoms with E-state index in [4.69, 9.17) is 5.11 Å². The van der Waals surface area contributed by atoms with Gasteiger partial charge in [0.1, 0.15) is 5.82 Å². The van der Waals surface area contributed by atoms with Crippen LogP contribution in [0.2, 0.25) is 0 Å². The molecular weight excluding hydrogens is 301 g/mol. The maximum Gasteiger partial charge on any atom is 0.409 e. The van der Waals surface area contributed by atoms with Gasteiger partial charge in [-0.1, -0.05) is 6.07 Å². The third kappa shape index (κ3) is 3.23. The summed E-state index contributed by atoms with van der Waals surface area (Å²) in [5, 5.41) is 17.4. The molecule has 1 aliphatic rings. The van der Waals surface area contributed by atoms with Gasteiger partial charge in [0.15, 0.2) is 0 Å². The number of fused-ring (bicyclic) bond motifs is 1. The number of carboxylic acid groups (broad SMARTS) is 1. The average Bonchev–Trinajstić information content (AvgIpc) is 2.53. The zero-order valence-electron chi connectivity index (χ0n) is 12.4. The lowest BCUT2D eigenvalue weighted by molar-refractivity contribution is 0.209. The zero-order valence-corrected chi connectivity index (χ0v) is 12.4. The number of anilines is 1. The molecule has 120 valence electrons. The van der Waals surface area contributed by atoms with E-state index in [2.05, 4.69) is 10.2 Å². The number of nitrogens with zero attached hydrogens (tertiary/aromatic N) is 1. The number of carbonyl (C=O) groups is 1. The van der Waals surface area contributed by atoms with Gasteiger partial charge in [-0.05, 0) is 48.9 Å². The van der Waals surface area contributed by atoms with Gasteiger partial charge in [-0.15, -0.1) is 0 Å². The summed E-state index contributed by atoms with van der Waals surface area (Å²) in [5.41, 5.74) is 3.00. The molecule has 3 rings (SSSR count). The first kappa shape index (κ1) is 15.2. The third-order valence-electron chi connectivity index (χ3n) is 4.03. The molecule has 1 heterocycles. The molecule has 1 aromatic carbocycles. The van der Waals surface area contributed by atoms with Gasteiger partial charge in [0.05, 0.1) is 11.4 Å². The van der Waals surface area contributed by atoms with Crippen molar-refractivity contribution in [1.82, 2.24) is 10.2 Å². The van der Waals surface area contributed by atoms with Crippen molar-refractivity contribution in [2.24, 2.45) is 0 Å². The van der Waals surface area contributed by atoms with Crippen molar-refractivity contribution in [2.75, 3.05) is 5.32 Å². The minimum Gasteiger partial charge on any atom is -0.465 e. The molecule has 3 N–H and O–H groups in total. The molecule has 6 nitrogen and oxygen atoms in total. The van der Waals surface area contributed by atoms with E-state index in [0.29, 0.717) is 6.42 Å². The first-order chi connectivity index (χ1) is 11.0. The number of aromatic nitrogens is 2. The first-order valence-corrected chi connectivity index (χ1v) is 7.42. The van der Waals surface area contributed by atoms with Crippen molar-refractivity contribution in [2.45, 2.75) is 32.1 Å². The summed E-state index contributed by atoms with van der Waals surface area (Å²) in [7, 11) is 0. The Morgan fingerprint density at radius 3 is 2.78 bits per heavy atom. The number of benzene rings is 1. The Hall–Kier alpha value is -2.70. The Kier molecular flexibility index (Phi) is 4.10. The summed E-state index contributed by atoms with van der Waals surface area (Å²) in [6.07, 6.45) is 2.65. The van der Waals surface area contributed by atoms with Crippen LogP contribution in [-0.2, 0) is 19.3 Å². The summed E-state index contributed by atoms with van der Waals surface area (Å²) < 4.78 is 13.6. The number of nitrogens with one attached hydrogen (secondary N) is 2.